The molecule has 15 heavy (non-hydrogen) atoms. The van der Waals surface area contributed by atoms with Crippen molar-refractivity contribution >= 4 is 35.7 Å². The van der Waals surface area contributed by atoms with Gasteiger partial charge in [0.15, 0.2) is 0 Å². The minimum atomic E-state index is -3.50. The minimum absolute atomic E-state index is 0.152. The van der Waals surface area contributed by atoms with Gasteiger partial charge in [0.05, 0.1) is 16.8 Å². The maximum absolute atomic E-state index is 10.9. The van der Waals surface area contributed by atoms with Crippen LogP contribution in [0.1, 0.15) is 11.1 Å². The zero-order valence-electron chi connectivity index (χ0n) is 7.66. The van der Waals surface area contributed by atoms with E-state index in [0.717, 1.165) is 22.2 Å². The molecule has 0 saturated carbocycles. The predicted molar refractivity (Wildman–Crippen MR) is 61.8 cm³/mol. The van der Waals surface area contributed by atoms with E-state index in [2.05, 4.69) is 15.9 Å². The van der Waals surface area contributed by atoms with Crippen LogP contribution in [0, 0.1) is 0 Å². The molecule has 1 aliphatic heterocycles. The Balaban J connectivity index is 2.40. The number of ether oxygens (including phenoxy) is 1. The van der Waals surface area contributed by atoms with Crippen LogP contribution in [0.15, 0.2) is 16.6 Å². The Kier molecular flexibility index (Phi) is 2.96. The minimum Gasteiger partial charge on any atom is -0.492 e. The van der Waals surface area contributed by atoms with Crippen LogP contribution >= 0.6 is 26.6 Å². The molecule has 1 aromatic rings. The lowest BCUT2D eigenvalue weighted by molar-refractivity contribution is 0.355. The molecule has 1 aromatic carbocycles. The number of hydrogen-bond donors (Lipinski definition) is 0. The summed E-state index contributed by atoms with van der Waals surface area (Å²) >= 11 is 3.34. The van der Waals surface area contributed by atoms with Crippen LogP contribution in [-0.2, 0) is 21.2 Å². The first-order valence-corrected chi connectivity index (χ1v) is 7.59. The summed E-state index contributed by atoms with van der Waals surface area (Å²) in [5, 5.41) is 0. The summed E-state index contributed by atoms with van der Waals surface area (Å²) in [5.41, 5.74) is 1.71. The lowest BCUT2D eigenvalue weighted by Gasteiger charge is -2.05. The molecule has 2 rings (SSSR count). The molecule has 0 atom stereocenters. The Labute approximate surface area is 101 Å². The van der Waals surface area contributed by atoms with E-state index in [0.29, 0.717) is 12.2 Å². The van der Waals surface area contributed by atoms with Gasteiger partial charge in [-0.1, -0.05) is 6.07 Å². The van der Waals surface area contributed by atoms with Gasteiger partial charge in [-0.3, -0.25) is 0 Å². The molecule has 0 amide bonds. The Morgan fingerprint density at radius 1 is 1.47 bits per heavy atom. The lowest BCUT2D eigenvalue weighted by Crippen LogP contribution is -1.96. The average Bonchev–Trinajstić information content (AvgIpc) is 2.48. The van der Waals surface area contributed by atoms with Gasteiger partial charge < -0.3 is 4.74 Å². The number of benzene rings is 1. The molecule has 0 aromatic heterocycles. The molecule has 0 N–H and O–H groups in total. The molecule has 1 aliphatic rings. The van der Waals surface area contributed by atoms with E-state index in [1.807, 2.05) is 6.07 Å². The van der Waals surface area contributed by atoms with Gasteiger partial charge in [0, 0.05) is 17.1 Å². The smallest absolute Gasteiger partial charge is 0.236 e. The van der Waals surface area contributed by atoms with Crippen molar-refractivity contribution in [3.63, 3.8) is 0 Å². The van der Waals surface area contributed by atoms with Crippen molar-refractivity contribution in [1.29, 1.82) is 0 Å². The normalized spacial score (nSPS) is 14.8. The summed E-state index contributed by atoms with van der Waals surface area (Å²) in [6.07, 6.45) is 0.810. The van der Waals surface area contributed by atoms with E-state index in [9.17, 15) is 8.42 Å². The van der Waals surface area contributed by atoms with E-state index in [1.165, 1.54) is 0 Å². The van der Waals surface area contributed by atoms with Gasteiger partial charge in [-0.25, -0.2) is 8.42 Å². The lowest BCUT2D eigenvalue weighted by atomic mass is 10.1. The number of fused-ring (bicyclic) bond motifs is 1. The Morgan fingerprint density at radius 3 is 2.87 bits per heavy atom. The van der Waals surface area contributed by atoms with Crippen molar-refractivity contribution < 1.29 is 13.2 Å². The van der Waals surface area contributed by atoms with Crippen LogP contribution in [-0.4, -0.2) is 15.0 Å². The summed E-state index contributed by atoms with van der Waals surface area (Å²) < 4.78 is 28.0. The largest absolute Gasteiger partial charge is 0.492 e. The predicted octanol–water partition coefficient (Wildman–Crippen LogP) is 2.45. The molecule has 0 spiro atoms. The number of rotatable bonds is 2. The van der Waals surface area contributed by atoms with E-state index in [1.54, 1.807) is 6.07 Å². The van der Waals surface area contributed by atoms with Crippen LogP contribution in [0.3, 0.4) is 0 Å². The van der Waals surface area contributed by atoms with Crippen molar-refractivity contribution in [1.82, 2.24) is 0 Å². The van der Waals surface area contributed by atoms with Crippen molar-refractivity contribution in [2.24, 2.45) is 0 Å². The molecular formula is C9H8BrClO3S. The molecule has 0 unspecified atom stereocenters. The van der Waals surface area contributed by atoms with Gasteiger partial charge in [0.1, 0.15) is 5.75 Å². The number of halogens is 2. The molecular weight excluding hydrogens is 304 g/mol. The van der Waals surface area contributed by atoms with Crippen LogP contribution in [0.5, 0.6) is 5.75 Å². The van der Waals surface area contributed by atoms with Gasteiger partial charge in [0.2, 0.25) is 9.05 Å². The maximum atomic E-state index is 10.9. The molecule has 82 valence electrons. The van der Waals surface area contributed by atoms with E-state index >= 15 is 0 Å². The standard InChI is InChI=1S/C9H8BrClO3S/c10-8-4-6(5-15(11,12)13)3-7-1-2-14-9(7)8/h3-4H,1-2,5H2. The summed E-state index contributed by atoms with van der Waals surface area (Å²) in [5.74, 6) is 0.659. The molecule has 6 heteroatoms. The highest BCUT2D eigenvalue weighted by molar-refractivity contribution is 9.10. The maximum Gasteiger partial charge on any atom is 0.236 e. The first kappa shape index (κ1) is 11.2. The third kappa shape index (κ3) is 2.65. The monoisotopic (exact) mass is 310 g/mol. The van der Waals surface area contributed by atoms with Gasteiger partial charge in [-0.05, 0) is 33.1 Å². The van der Waals surface area contributed by atoms with Crippen molar-refractivity contribution in [3.05, 3.63) is 27.7 Å². The second kappa shape index (κ2) is 3.96. The van der Waals surface area contributed by atoms with Crippen LogP contribution < -0.4 is 4.74 Å². The second-order valence-electron chi connectivity index (χ2n) is 3.35. The van der Waals surface area contributed by atoms with Gasteiger partial charge >= 0.3 is 0 Å². The van der Waals surface area contributed by atoms with Crippen molar-refractivity contribution in [3.8, 4) is 5.75 Å². The highest BCUT2D eigenvalue weighted by atomic mass is 79.9. The van der Waals surface area contributed by atoms with Gasteiger partial charge in [0.25, 0.3) is 0 Å². The molecule has 1 heterocycles. The Bertz CT molecular complexity index is 498. The zero-order chi connectivity index (χ0) is 11.1. The molecule has 0 radical (unpaired) electrons. The average molecular weight is 312 g/mol. The fourth-order valence-electron chi connectivity index (χ4n) is 1.61. The molecule has 0 fully saturated rings. The van der Waals surface area contributed by atoms with E-state index in [-0.39, 0.29) is 5.75 Å². The summed E-state index contributed by atoms with van der Waals surface area (Å²) in [6, 6.07) is 3.55. The Morgan fingerprint density at radius 2 is 2.20 bits per heavy atom. The van der Waals surface area contributed by atoms with E-state index in [4.69, 9.17) is 15.4 Å². The SMILES string of the molecule is O=S(=O)(Cl)Cc1cc(Br)c2c(c1)CCO2. The summed E-state index contributed by atoms with van der Waals surface area (Å²) in [4.78, 5) is 0. The fourth-order valence-corrected chi connectivity index (χ4v) is 3.21. The topological polar surface area (TPSA) is 43.4 Å². The Hall–Kier alpha value is -0.260. The quantitative estimate of drug-likeness (QED) is 0.788. The third-order valence-corrected chi connectivity index (χ3v) is 3.73. The van der Waals surface area contributed by atoms with Crippen LogP contribution in [0.4, 0.5) is 0 Å². The molecule has 0 saturated heterocycles. The highest BCUT2D eigenvalue weighted by Gasteiger charge is 2.18. The van der Waals surface area contributed by atoms with E-state index < -0.39 is 9.05 Å². The van der Waals surface area contributed by atoms with Gasteiger partial charge in [-0.2, -0.15) is 0 Å². The fraction of sp³-hybridized carbons (Fsp3) is 0.333. The summed E-state index contributed by atoms with van der Waals surface area (Å²) in [6.45, 7) is 0.644. The van der Waals surface area contributed by atoms with Crippen LogP contribution in [0.2, 0.25) is 0 Å². The molecule has 0 aliphatic carbocycles. The molecule has 0 bridgehead atoms. The zero-order valence-corrected chi connectivity index (χ0v) is 10.8. The number of hydrogen-bond acceptors (Lipinski definition) is 3. The van der Waals surface area contributed by atoms with Crippen molar-refractivity contribution in [2.75, 3.05) is 6.61 Å². The van der Waals surface area contributed by atoms with Gasteiger partial charge in [-0.15, -0.1) is 0 Å². The first-order valence-electron chi connectivity index (χ1n) is 4.32. The molecule has 3 nitrogen and oxygen atoms in total. The van der Waals surface area contributed by atoms with Crippen molar-refractivity contribution in [2.45, 2.75) is 12.2 Å². The summed E-state index contributed by atoms with van der Waals surface area (Å²) in [7, 11) is 1.70. The highest BCUT2D eigenvalue weighted by Crippen LogP contribution is 2.35. The second-order valence-corrected chi connectivity index (χ2v) is 6.98. The van der Waals surface area contributed by atoms with Crippen LogP contribution in [0.25, 0.3) is 0 Å². The first-order chi connectivity index (χ1) is 6.96. The third-order valence-electron chi connectivity index (χ3n) is 2.14.